The molecule has 0 bridgehead atoms. The van der Waals surface area contributed by atoms with Crippen molar-refractivity contribution in [3.63, 3.8) is 0 Å². The van der Waals surface area contributed by atoms with E-state index in [-0.39, 0.29) is 0 Å². The molecule has 0 aliphatic carbocycles. The van der Waals surface area contributed by atoms with Gasteiger partial charge in [-0.2, -0.15) is 0 Å². The molecule has 0 saturated carbocycles. The highest BCUT2D eigenvalue weighted by Crippen LogP contribution is 2.39. The van der Waals surface area contributed by atoms with E-state index in [2.05, 4.69) is 34.4 Å². The minimum atomic E-state index is 0.879. The third-order valence-corrected chi connectivity index (χ3v) is 4.79. The number of ether oxygens (including phenoxy) is 2. The van der Waals surface area contributed by atoms with Gasteiger partial charge in [0.1, 0.15) is 11.5 Å². The zero-order chi connectivity index (χ0) is 16.7. The van der Waals surface area contributed by atoms with Gasteiger partial charge in [-0.1, -0.05) is 56.5 Å². The Morgan fingerprint density at radius 3 is 2.30 bits per heavy atom. The molecule has 0 N–H and O–H groups in total. The Labute approximate surface area is 142 Å². The van der Waals surface area contributed by atoms with E-state index in [9.17, 15) is 0 Å². The molecule has 0 saturated heterocycles. The summed E-state index contributed by atoms with van der Waals surface area (Å²) in [6.45, 7) is 2.24. The average Bonchev–Trinajstić information content (AvgIpc) is 2.60. The van der Waals surface area contributed by atoms with Crippen molar-refractivity contribution < 1.29 is 9.47 Å². The summed E-state index contributed by atoms with van der Waals surface area (Å²) in [6.07, 6.45) is 6.08. The van der Waals surface area contributed by atoms with Crippen molar-refractivity contribution in [1.82, 2.24) is 0 Å². The van der Waals surface area contributed by atoms with Crippen LogP contribution < -0.4 is 14.8 Å². The molecule has 0 radical (unpaired) electrons. The second-order valence-corrected chi connectivity index (χ2v) is 6.31. The molecule has 0 fully saturated rings. The SMILES string of the molecule is CCCCCCc1cc(OC)c(-c2ccccc2)c(OC)c1P. The fraction of sp³-hybridized carbons (Fsp3) is 0.400. The minimum absolute atomic E-state index is 0.879. The molecule has 2 nitrogen and oxygen atoms in total. The molecule has 124 valence electrons. The predicted molar refractivity (Wildman–Crippen MR) is 102 cm³/mol. The summed E-state index contributed by atoms with van der Waals surface area (Å²) in [7, 11) is 6.32. The van der Waals surface area contributed by atoms with Crippen LogP contribution in [0, 0.1) is 0 Å². The summed E-state index contributed by atoms with van der Waals surface area (Å²) in [6, 6.07) is 12.4. The van der Waals surface area contributed by atoms with E-state index in [4.69, 9.17) is 9.47 Å². The lowest BCUT2D eigenvalue weighted by atomic mass is 9.98. The molecule has 0 aliphatic rings. The summed E-state index contributed by atoms with van der Waals surface area (Å²) in [5.41, 5.74) is 3.43. The van der Waals surface area contributed by atoms with E-state index in [1.54, 1.807) is 14.2 Å². The lowest BCUT2D eigenvalue weighted by Crippen LogP contribution is -2.09. The molecule has 0 aromatic heterocycles. The molecule has 0 spiro atoms. The maximum atomic E-state index is 5.74. The third kappa shape index (κ3) is 4.26. The first kappa shape index (κ1) is 17.8. The Bertz CT molecular complexity index is 623. The monoisotopic (exact) mass is 330 g/mol. The van der Waals surface area contributed by atoms with Crippen LogP contribution in [0.3, 0.4) is 0 Å². The summed E-state index contributed by atoms with van der Waals surface area (Å²) in [5, 5.41) is 1.14. The highest BCUT2D eigenvalue weighted by atomic mass is 31.0. The molecule has 1 unspecified atom stereocenters. The Morgan fingerprint density at radius 2 is 1.70 bits per heavy atom. The predicted octanol–water partition coefficient (Wildman–Crippen LogP) is 4.99. The van der Waals surface area contributed by atoms with E-state index in [0.29, 0.717) is 0 Å². The second kappa shape index (κ2) is 8.93. The number of rotatable bonds is 8. The van der Waals surface area contributed by atoms with Crippen LogP contribution in [0.1, 0.15) is 38.2 Å². The first-order valence-electron chi connectivity index (χ1n) is 8.31. The van der Waals surface area contributed by atoms with Gasteiger partial charge in [0.25, 0.3) is 0 Å². The molecule has 23 heavy (non-hydrogen) atoms. The molecule has 0 amide bonds. The molecule has 0 heterocycles. The normalized spacial score (nSPS) is 10.6. The van der Waals surface area contributed by atoms with Gasteiger partial charge < -0.3 is 9.47 Å². The summed E-state index contributed by atoms with van der Waals surface area (Å²) >= 11 is 0. The fourth-order valence-corrected chi connectivity index (χ4v) is 3.39. The Balaban J connectivity index is 2.42. The highest BCUT2D eigenvalue weighted by molar-refractivity contribution is 7.28. The van der Waals surface area contributed by atoms with Crippen LogP contribution in [0.15, 0.2) is 36.4 Å². The van der Waals surface area contributed by atoms with Crippen molar-refractivity contribution in [2.75, 3.05) is 14.2 Å². The van der Waals surface area contributed by atoms with Crippen LogP contribution in [0.2, 0.25) is 0 Å². The number of methoxy groups -OCH3 is 2. The van der Waals surface area contributed by atoms with E-state index < -0.39 is 0 Å². The first-order valence-corrected chi connectivity index (χ1v) is 8.89. The van der Waals surface area contributed by atoms with Gasteiger partial charge in [-0.25, -0.2) is 0 Å². The van der Waals surface area contributed by atoms with Crippen molar-refractivity contribution in [3.05, 3.63) is 42.0 Å². The quantitative estimate of drug-likeness (QED) is 0.501. The van der Waals surface area contributed by atoms with Crippen molar-refractivity contribution in [1.29, 1.82) is 0 Å². The molecule has 0 aliphatic heterocycles. The number of hydrogen-bond acceptors (Lipinski definition) is 2. The van der Waals surface area contributed by atoms with Crippen molar-refractivity contribution >= 4 is 14.5 Å². The smallest absolute Gasteiger partial charge is 0.137 e. The minimum Gasteiger partial charge on any atom is -0.496 e. The summed E-state index contributed by atoms with van der Waals surface area (Å²) < 4.78 is 11.4. The van der Waals surface area contributed by atoms with Crippen LogP contribution >= 0.6 is 9.24 Å². The maximum Gasteiger partial charge on any atom is 0.137 e. The van der Waals surface area contributed by atoms with Crippen LogP contribution in [0.5, 0.6) is 11.5 Å². The number of aryl methyl sites for hydroxylation is 1. The van der Waals surface area contributed by atoms with E-state index >= 15 is 0 Å². The lowest BCUT2D eigenvalue weighted by Gasteiger charge is -2.19. The Morgan fingerprint density at radius 1 is 0.957 bits per heavy atom. The largest absolute Gasteiger partial charge is 0.496 e. The van der Waals surface area contributed by atoms with Gasteiger partial charge in [-0.05, 0) is 30.0 Å². The maximum absolute atomic E-state index is 5.74. The van der Waals surface area contributed by atoms with Crippen molar-refractivity contribution in [2.24, 2.45) is 0 Å². The molecule has 2 aromatic carbocycles. The van der Waals surface area contributed by atoms with Gasteiger partial charge in [-0.3, -0.25) is 0 Å². The topological polar surface area (TPSA) is 18.5 Å². The first-order chi connectivity index (χ1) is 11.2. The fourth-order valence-electron chi connectivity index (χ4n) is 2.90. The van der Waals surface area contributed by atoms with Crippen LogP contribution in [-0.2, 0) is 6.42 Å². The number of hydrogen-bond donors (Lipinski definition) is 0. The average molecular weight is 330 g/mol. The summed E-state index contributed by atoms with van der Waals surface area (Å²) in [4.78, 5) is 0. The van der Waals surface area contributed by atoms with Gasteiger partial charge >= 0.3 is 0 Å². The zero-order valence-corrected chi connectivity index (χ0v) is 15.5. The highest BCUT2D eigenvalue weighted by Gasteiger charge is 2.18. The molecule has 3 heteroatoms. The van der Waals surface area contributed by atoms with Crippen LogP contribution in [0.25, 0.3) is 11.1 Å². The number of unbranched alkanes of at least 4 members (excludes halogenated alkanes) is 3. The molecular formula is C20H27O2P. The third-order valence-electron chi connectivity index (χ3n) is 4.16. The van der Waals surface area contributed by atoms with Gasteiger partial charge in [0.05, 0.1) is 19.8 Å². The lowest BCUT2D eigenvalue weighted by molar-refractivity contribution is 0.398. The number of benzene rings is 2. The Hall–Kier alpha value is -1.53. The molecule has 2 rings (SSSR count). The summed E-state index contributed by atoms with van der Waals surface area (Å²) in [5.74, 6) is 1.77. The van der Waals surface area contributed by atoms with E-state index in [0.717, 1.165) is 34.4 Å². The van der Waals surface area contributed by atoms with E-state index in [1.165, 1.54) is 31.2 Å². The molecule has 2 aromatic rings. The van der Waals surface area contributed by atoms with Crippen molar-refractivity contribution in [3.8, 4) is 22.6 Å². The van der Waals surface area contributed by atoms with Gasteiger partial charge in [-0.15, -0.1) is 9.24 Å². The second-order valence-electron chi connectivity index (χ2n) is 5.74. The van der Waals surface area contributed by atoms with Gasteiger partial charge in [0.2, 0.25) is 0 Å². The van der Waals surface area contributed by atoms with Crippen molar-refractivity contribution in [2.45, 2.75) is 39.0 Å². The van der Waals surface area contributed by atoms with Gasteiger partial charge in [0, 0.05) is 5.30 Å². The standard InChI is InChI=1S/C20H27O2P/c1-4-5-6-8-13-16-14-17(21-2)18(19(22-3)20(16)23)15-11-9-7-10-12-15/h7,9-12,14H,4-6,8,13,23H2,1-3H3. The zero-order valence-electron chi connectivity index (χ0n) is 14.4. The Kier molecular flexibility index (Phi) is 6.92. The van der Waals surface area contributed by atoms with E-state index in [1.807, 2.05) is 18.2 Å². The molecule has 1 atom stereocenters. The van der Waals surface area contributed by atoms with Crippen LogP contribution in [-0.4, -0.2) is 14.2 Å². The molecular weight excluding hydrogens is 303 g/mol. The van der Waals surface area contributed by atoms with Gasteiger partial charge in [0.15, 0.2) is 0 Å². The van der Waals surface area contributed by atoms with Crippen LogP contribution in [0.4, 0.5) is 0 Å².